The fourth-order valence-corrected chi connectivity index (χ4v) is 2.71. The zero-order valence-corrected chi connectivity index (χ0v) is 11.4. The lowest BCUT2D eigenvalue weighted by molar-refractivity contribution is 0.308. The topological polar surface area (TPSA) is 55.4 Å². The van der Waals surface area contributed by atoms with E-state index in [1.165, 1.54) is 5.56 Å². The second-order valence-corrected chi connectivity index (χ2v) is 6.33. The Bertz CT molecular complexity index is 493. The maximum atomic E-state index is 11.1. The first-order valence-corrected chi connectivity index (χ1v) is 8.01. The van der Waals surface area contributed by atoms with Crippen LogP contribution in [-0.2, 0) is 20.9 Å². The Morgan fingerprint density at radius 1 is 1.28 bits per heavy atom. The van der Waals surface area contributed by atoms with Crippen LogP contribution in [0.3, 0.4) is 0 Å². The number of piperidine rings is 1. The summed E-state index contributed by atoms with van der Waals surface area (Å²) in [6.45, 7) is 2.18. The highest BCUT2D eigenvalue weighted by Crippen LogP contribution is 2.28. The Balaban J connectivity index is 2.14. The van der Waals surface area contributed by atoms with Crippen LogP contribution in [0.2, 0.25) is 0 Å². The van der Waals surface area contributed by atoms with Gasteiger partial charge in [-0.15, -0.1) is 0 Å². The van der Waals surface area contributed by atoms with Crippen molar-refractivity contribution in [1.29, 1.82) is 0 Å². The predicted molar refractivity (Wildman–Crippen MR) is 70.9 cm³/mol. The molecule has 0 radical (unpaired) electrons. The second kappa shape index (κ2) is 5.82. The molecule has 0 spiro atoms. The molecule has 0 amide bonds. The van der Waals surface area contributed by atoms with Crippen LogP contribution < -0.4 is 5.32 Å². The van der Waals surface area contributed by atoms with Crippen LogP contribution in [0.5, 0.6) is 0 Å². The van der Waals surface area contributed by atoms with Crippen molar-refractivity contribution in [2.24, 2.45) is 0 Å². The van der Waals surface area contributed by atoms with Crippen LogP contribution in [0.1, 0.15) is 29.9 Å². The molecular weight excluding hydrogens is 250 g/mol. The summed E-state index contributed by atoms with van der Waals surface area (Å²) in [6.07, 6.45) is 3.27. The Morgan fingerprint density at radius 3 is 2.61 bits per heavy atom. The zero-order valence-electron chi connectivity index (χ0n) is 10.6. The van der Waals surface area contributed by atoms with E-state index in [-0.39, 0.29) is 6.61 Å². The highest BCUT2D eigenvalue weighted by atomic mass is 32.2. The minimum Gasteiger partial charge on any atom is -0.317 e. The molecular formula is C13H19NO3S. The van der Waals surface area contributed by atoms with E-state index in [4.69, 9.17) is 4.18 Å². The maximum absolute atomic E-state index is 11.1. The van der Waals surface area contributed by atoms with Gasteiger partial charge in [0.1, 0.15) is 0 Å². The second-order valence-electron chi connectivity index (χ2n) is 4.69. The normalized spacial score (nSPS) is 17.8. The van der Waals surface area contributed by atoms with Gasteiger partial charge in [-0.25, -0.2) is 0 Å². The van der Waals surface area contributed by atoms with Gasteiger partial charge >= 0.3 is 0 Å². The van der Waals surface area contributed by atoms with Gasteiger partial charge in [-0.2, -0.15) is 8.42 Å². The summed E-state index contributed by atoms with van der Waals surface area (Å²) in [5.41, 5.74) is 2.21. The Morgan fingerprint density at radius 2 is 1.94 bits per heavy atom. The molecule has 1 aliphatic rings. The molecule has 18 heavy (non-hydrogen) atoms. The molecule has 2 rings (SSSR count). The lowest BCUT2D eigenvalue weighted by atomic mass is 9.87. The molecule has 0 bridgehead atoms. The molecule has 1 aromatic rings. The standard InChI is InChI=1S/C13H19NO3S/c1-18(15,16)17-10-12-4-2-3-5-13(12)11-6-8-14-9-7-11/h2-5,11,14H,6-10H2,1H3. The van der Waals surface area contributed by atoms with Gasteiger partial charge in [0, 0.05) is 0 Å². The molecule has 0 atom stereocenters. The summed E-state index contributed by atoms with van der Waals surface area (Å²) < 4.78 is 27.0. The van der Waals surface area contributed by atoms with Gasteiger partial charge < -0.3 is 5.32 Å². The van der Waals surface area contributed by atoms with Gasteiger partial charge in [-0.1, -0.05) is 24.3 Å². The van der Waals surface area contributed by atoms with E-state index in [0.29, 0.717) is 5.92 Å². The van der Waals surface area contributed by atoms with E-state index < -0.39 is 10.1 Å². The monoisotopic (exact) mass is 269 g/mol. The highest BCUT2D eigenvalue weighted by molar-refractivity contribution is 7.85. The summed E-state index contributed by atoms with van der Waals surface area (Å²) in [5, 5.41) is 3.33. The van der Waals surface area contributed by atoms with Crippen LogP contribution in [0.25, 0.3) is 0 Å². The molecule has 1 N–H and O–H groups in total. The first-order chi connectivity index (χ1) is 8.56. The van der Waals surface area contributed by atoms with E-state index in [2.05, 4.69) is 11.4 Å². The van der Waals surface area contributed by atoms with Crippen molar-refractivity contribution < 1.29 is 12.6 Å². The third kappa shape index (κ3) is 3.80. The van der Waals surface area contributed by atoms with E-state index in [1.54, 1.807) is 0 Å². The van der Waals surface area contributed by atoms with Gasteiger partial charge in [0.05, 0.1) is 12.9 Å². The number of nitrogens with one attached hydrogen (secondary N) is 1. The maximum Gasteiger partial charge on any atom is 0.264 e. The molecule has 1 fully saturated rings. The Labute approximate surface area is 108 Å². The van der Waals surface area contributed by atoms with Crippen molar-refractivity contribution in [2.45, 2.75) is 25.4 Å². The largest absolute Gasteiger partial charge is 0.317 e. The van der Waals surface area contributed by atoms with Crippen LogP contribution in [0.15, 0.2) is 24.3 Å². The highest BCUT2D eigenvalue weighted by Gasteiger charge is 2.18. The van der Waals surface area contributed by atoms with Gasteiger partial charge in [-0.3, -0.25) is 4.18 Å². The third-order valence-corrected chi connectivity index (χ3v) is 3.81. The molecule has 5 heteroatoms. The molecule has 1 aromatic carbocycles. The van der Waals surface area contributed by atoms with Crippen molar-refractivity contribution >= 4 is 10.1 Å². The Kier molecular flexibility index (Phi) is 4.37. The molecule has 1 aliphatic heterocycles. The van der Waals surface area contributed by atoms with Crippen LogP contribution in [0, 0.1) is 0 Å². The van der Waals surface area contributed by atoms with E-state index in [1.807, 2.05) is 18.2 Å². The number of hydrogen-bond donors (Lipinski definition) is 1. The van der Waals surface area contributed by atoms with Crippen molar-refractivity contribution in [3.8, 4) is 0 Å². The first kappa shape index (κ1) is 13.5. The minimum absolute atomic E-state index is 0.138. The number of hydrogen-bond acceptors (Lipinski definition) is 4. The fourth-order valence-electron chi connectivity index (χ4n) is 2.37. The molecule has 1 heterocycles. The summed E-state index contributed by atoms with van der Waals surface area (Å²) in [7, 11) is -3.38. The molecule has 0 unspecified atom stereocenters. The summed E-state index contributed by atoms with van der Waals surface area (Å²) in [6, 6.07) is 7.95. The Hall–Kier alpha value is -0.910. The van der Waals surface area contributed by atoms with Crippen LogP contribution >= 0.6 is 0 Å². The quantitative estimate of drug-likeness (QED) is 0.844. The van der Waals surface area contributed by atoms with E-state index in [0.717, 1.165) is 37.8 Å². The smallest absolute Gasteiger partial charge is 0.264 e. The first-order valence-electron chi connectivity index (χ1n) is 6.19. The average Bonchev–Trinajstić information content (AvgIpc) is 2.37. The molecule has 100 valence electrons. The molecule has 0 aliphatic carbocycles. The number of benzene rings is 1. The minimum atomic E-state index is -3.38. The van der Waals surface area contributed by atoms with Crippen molar-refractivity contribution in [1.82, 2.24) is 5.32 Å². The predicted octanol–water partition coefficient (Wildman–Crippen LogP) is 1.63. The van der Waals surface area contributed by atoms with Crippen LogP contribution in [-0.4, -0.2) is 27.8 Å². The fraction of sp³-hybridized carbons (Fsp3) is 0.538. The molecule has 0 saturated carbocycles. The van der Waals surface area contributed by atoms with E-state index in [9.17, 15) is 8.42 Å². The van der Waals surface area contributed by atoms with Crippen molar-refractivity contribution in [3.63, 3.8) is 0 Å². The van der Waals surface area contributed by atoms with Crippen molar-refractivity contribution in [2.75, 3.05) is 19.3 Å². The summed E-state index contributed by atoms with van der Waals surface area (Å²) >= 11 is 0. The van der Waals surface area contributed by atoms with Gasteiger partial charge in [0.2, 0.25) is 0 Å². The van der Waals surface area contributed by atoms with E-state index >= 15 is 0 Å². The van der Waals surface area contributed by atoms with Crippen molar-refractivity contribution in [3.05, 3.63) is 35.4 Å². The average molecular weight is 269 g/mol. The summed E-state index contributed by atoms with van der Waals surface area (Å²) in [4.78, 5) is 0. The molecule has 0 aromatic heterocycles. The van der Waals surface area contributed by atoms with Gasteiger partial charge in [-0.05, 0) is 43.0 Å². The summed E-state index contributed by atoms with van der Waals surface area (Å²) in [5.74, 6) is 0.505. The van der Waals surface area contributed by atoms with Gasteiger partial charge in [0.25, 0.3) is 10.1 Å². The number of rotatable bonds is 4. The zero-order chi connectivity index (χ0) is 13.0. The lowest BCUT2D eigenvalue weighted by Crippen LogP contribution is -2.27. The lowest BCUT2D eigenvalue weighted by Gasteiger charge is -2.25. The third-order valence-electron chi connectivity index (χ3n) is 3.26. The SMILES string of the molecule is CS(=O)(=O)OCc1ccccc1C1CCNCC1. The molecule has 1 saturated heterocycles. The van der Waals surface area contributed by atoms with Crippen LogP contribution in [0.4, 0.5) is 0 Å². The molecule has 4 nitrogen and oxygen atoms in total. The van der Waals surface area contributed by atoms with Gasteiger partial charge in [0.15, 0.2) is 0 Å².